The molecule has 4 aliphatic rings. The predicted molar refractivity (Wildman–Crippen MR) is 145 cm³/mol. The topological polar surface area (TPSA) is 127 Å². The summed E-state index contributed by atoms with van der Waals surface area (Å²) in [7, 11) is 0. The van der Waals surface area contributed by atoms with E-state index in [1.807, 2.05) is 13.8 Å². The maximum absolute atomic E-state index is 13.4. The quantitative estimate of drug-likeness (QED) is 0.285. The van der Waals surface area contributed by atoms with Crippen molar-refractivity contribution >= 4 is 5.78 Å². The Balaban J connectivity index is 1.66. The van der Waals surface area contributed by atoms with Gasteiger partial charge in [0.05, 0.1) is 35.1 Å². The van der Waals surface area contributed by atoms with Gasteiger partial charge in [-0.3, -0.25) is 4.79 Å². The summed E-state index contributed by atoms with van der Waals surface area (Å²) in [6.07, 6.45) is 5.36. The van der Waals surface area contributed by atoms with Crippen LogP contribution in [-0.2, 0) is 9.53 Å². The van der Waals surface area contributed by atoms with Gasteiger partial charge in [-0.05, 0) is 107 Å². The van der Waals surface area contributed by atoms with Crippen molar-refractivity contribution in [2.75, 3.05) is 6.61 Å². The van der Waals surface area contributed by atoms with E-state index in [-0.39, 0.29) is 30.0 Å². The molecule has 218 valence electrons. The van der Waals surface area contributed by atoms with Gasteiger partial charge in [-0.15, -0.1) is 0 Å². The highest BCUT2D eigenvalue weighted by molar-refractivity contribution is 5.95. The zero-order valence-electron chi connectivity index (χ0n) is 24.4. The fourth-order valence-electron chi connectivity index (χ4n) is 8.93. The van der Waals surface area contributed by atoms with Crippen molar-refractivity contribution in [3.05, 3.63) is 11.6 Å². The van der Waals surface area contributed by atoms with Gasteiger partial charge in [0, 0.05) is 17.9 Å². The van der Waals surface area contributed by atoms with E-state index in [1.54, 1.807) is 19.9 Å². The van der Waals surface area contributed by atoms with Gasteiger partial charge in [0.2, 0.25) is 0 Å². The van der Waals surface area contributed by atoms with E-state index in [0.29, 0.717) is 45.1 Å². The lowest BCUT2D eigenvalue weighted by Crippen LogP contribution is -2.63. The summed E-state index contributed by atoms with van der Waals surface area (Å²) in [5.74, 6) is -0.736. The molecular formula is C31H52O7. The average molecular weight is 537 g/mol. The highest BCUT2D eigenvalue weighted by Gasteiger charge is 2.69. The van der Waals surface area contributed by atoms with E-state index in [0.717, 1.165) is 24.8 Å². The Morgan fingerprint density at radius 3 is 2.39 bits per heavy atom. The van der Waals surface area contributed by atoms with Gasteiger partial charge in [-0.2, -0.15) is 0 Å². The molecule has 38 heavy (non-hydrogen) atoms. The van der Waals surface area contributed by atoms with Crippen LogP contribution in [0.2, 0.25) is 0 Å². The molecule has 0 aromatic rings. The third-order valence-corrected chi connectivity index (χ3v) is 11.3. The Bertz CT molecular complexity index is 922. The summed E-state index contributed by atoms with van der Waals surface area (Å²) in [6.45, 7) is 12.1. The number of carbonyl (C=O) groups is 1. The van der Waals surface area contributed by atoms with E-state index < -0.39 is 45.9 Å². The molecule has 0 radical (unpaired) electrons. The van der Waals surface area contributed by atoms with Crippen molar-refractivity contribution in [3.8, 4) is 0 Å². The molecule has 0 aliphatic heterocycles. The molecule has 0 saturated heterocycles. The molecule has 3 saturated carbocycles. The number of carbonyl (C=O) groups excluding carboxylic acids is 1. The SMILES string of the molecule is CCCCO[C@H](CCC(C)(C)O)[C@](C)(O)C1CC[C@@]2(O)C3=CC(=O)C4C[C@@H](O)[C@@H](O)CC4(C)C3CCC12C. The number of aliphatic hydroxyl groups is 5. The average Bonchev–Trinajstić information content (AvgIpc) is 3.09. The van der Waals surface area contributed by atoms with Crippen LogP contribution in [0.1, 0.15) is 106 Å². The molecule has 7 heteroatoms. The summed E-state index contributed by atoms with van der Waals surface area (Å²) < 4.78 is 6.28. The molecule has 0 heterocycles. The molecule has 0 aromatic heterocycles. The maximum Gasteiger partial charge on any atom is 0.159 e. The minimum Gasteiger partial charge on any atom is -0.390 e. The molecule has 4 aliphatic carbocycles. The first-order chi connectivity index (χ1) is 17.5. The number of hydrogen-bond acceptors (Lipinski definition) is 7. The van der Waals surface area contributed by atoms with Crippen LogP contribution in [0.4, 0.5) is 0 Å². The van der Waals surface area contributed by atoms with Crippen molar-refractivity contribution in [2.24, 2.45) is 28.6 Å². The smallest absolute Gasteiger partial charge is 0.159 e. The van der Waals surface area contributed by atoms with Gasteiger partial charge >= 0.3 is 0 Å². The van der Waals surface area contributed by atoms with Gasteiger partial charge in [0.1, 0.15) is 0 Å². The minimum absolute atomic E-state index is 0.0547. The Morgan fingerprint density at radius 2 is 1.76 bits per heavy atom. The van der Waals surface area contributed by atoms with E-state index >= 15 is 0 Å². The molecule has 10 atom stereocenters. The first-order valence-electron chi connectivity index (χ1n) is 14.9. The fraction of sp³-hybridized carbons (Fsp3) is 0.903. The molecule has 0 bridgehead atoms. The summed E-state index contributed by atoms with van der Waals surface area (Å²) in [5, 5.41) is 55.9. The Kier molecular flexibility index (Phi) is 8.10. The van der Waals surface area contributed by atoms with Gasteiger partial charge in [-0.25, -0.2) is 0 Å². The lowest BCUT2D eigenvalue weighted by Gasteiger charge is -2.60. The number of fused-ring (bicyclic) bond motifs is 5. The predicted octanol–water partition coefficient (Wildman–Crippen LogP) is 3.68. The number of rotatable bonds is 9. The van der Waals surface area contributed by atoms with Crippen LogP contribution in [-0.4, -0.2) is 73.0 Å². The van der Waals surface area contributed by atoms with Crippen LogP contribution in [0.3, 0.4) is 0 Å². The highest BCUT2D eigenvalue weighted by Crippen LogP contribution is 2.68. The Hall–Kier alpha value is -0.830. The first-order valence-corrected chi connectivity index (χ1v) is 14.9. The van der Waals surface area contributed by atoms with Gasteiger partial charge in [0.25, 0.3) is 0 Å². The van der Waals surface area contributed by atoms with Gasteiger partial charge < -0.3 is 30.3 Å². The standard InChI is InChI=1S/C31H52O7/c1-7-8-15-38-26(11-12-27(2,3)35)30(6,36)25-10-14-31(37)20-16-22(32)21-17-23(33)24(34)18-28(21,4)19(20)9-13-29(25,31)5/h16,19,21,23-26,33-37H,7-15,17-18H2,1-6H3/t19?,21?,23-,24+,25?,26-,28?,29?,30-,31-/m1/s1. The second-order valence-electron chi connectivity index (χ2n) is 14.4. The van der Waals surface area contributed by atoms with Crippen LogP contribution in [0.15, 0.2) is 11.6 Å². The molecule has 3 fully saturated rings. The van der Waals surface area contributed by atoms with Crippen molar-refractivity contribution in [1.29, 1.82) is 0 Å². The maximum atomic E-state index is 13.4. The van der Waals surface area contributed by atoms with Crippen LogP contribution in [0, 0.1) is 28.6 Å². The number of unbranched alkanes of at least 4 members (excludes halogenated alkanes) is 1. The Labute approximate surface area is 228 Å². The minimum atomic E-state index is -1.24. The second-order valence-corrected chi connectivity index (χ2v) is 14.4. The molecule has 0 amide bonds. The van der Waals surface area contributed by atoms with Gasteiger partial charge in [-0.1, -0.05) is 27.2 Å². The third-order valence-electron chi connectivity index (χ3n) is 11.3. The summed E-state index contributed by atoms with van der Waals surface area (Å²) in [4.78, 5) is 13.4. The molecule has 5 N–H and O–H groups in total. The first kappa shape index (κ1) is 30.1. The Morgan fingerprint density at radius 1 is 1.08 bits per heavy atom. The summed E-state index contributed by atoms with van der Waals surface area (Å²) in [6, 6.07) is 0. The van der Waals surface area contributed by atoms with Crippen molar-refractivity contribution < 1.29 is 35.1 Å². The number of ketones is 1. The van der Waals surface area contributed by atoms with Crippen LogP contribution < -0.4 is 0 Å². The number of hydrogen-bond donors (Lipinski definition) is 5. The fourth-order valence-corrected chi connectivity index (χ4v) is 8.93. The zero-order valence-corrected chi connectivity index (χ0v) is 24.4. The van der Waals surface area contributed by atoms with E-state index in [2.05, 4.69) is 13.8 Å². The highest BCUT2D eigenvalue weighted by atomic mass is 16.5. The van der Waals surface area contributed by atoms with E-state index in [9.17, 15) is 30.3 Å². The monoisotopic (exact) mass is 536 g/mol. The number of ether oxygens (including phenoxy) is 1. The van der Waals surface area contributed by atoms with Crippen molar-refractivity contribution in [2.45, 2.75) is 141 Å². The number of allylic oxidation sites excluding steroid dienone is 1. The van der Waals surface area contributed by atoms with E-state index in [1.165, 1.54) is 0 Å². The molecule has 7 nitrogen and oxygen atoms in total. The van der Waals surface area contributed by atoms with Crippen LogP contribution in [0.25, 0.3) is 0 Å². The van der Waals surface area contributed by atoms with Gasteiger partial charge in [0.15, 0.2) is 5.78 Å². The largest absolute Gasteiger partial charge is 0.390 e. The lowest BCUT2D eigenvalue weighted by atomic mass is 9.45. The molecule has 4 rings (SSSR count). The summed E-state index contributed by atoms with van der Waals surface area (Å²) in [5.41, 5.74) is -3.76. The van der Waals surface area contributed by atoms with Crippen LogP contribution >= 0.6 is 0 Å². The zero-order chi connectivity index (χ0) is 28.3. The molecular weight excluding hydrogens is 484 g/mol. The van der Waals surface area contributed by atoms with Crippen molar-refractivity contribution in [1.82, 2.24) is 0 Å². The molecule has 5 unspecified atom stereocenters. The van der Waals surface area contributed by atoms with Crippen LogP contribution in [0.5, 0.6) is 0 Å². The normalized spacial score (nSPS) is 43.5. The third kappa shape index (κ3) is 4.83. The second kappa shape index (κ2) is 10.2. The number of aliphatic hydroxyl groups excluding tert-OH is 2. The molecule has 0 spiro atoms. The lowest BCUT2D eigenvalue weighted by molar-refractivity contribution is -0.187. The van der Waals surface area contributed by atoms with Crippen molar-refractivity contribution in [3.63, 3.8) is 0 Å². The van der Waals surface area contributed by atoms with E-state index in [4.69, 9.17) is 4.74 Å². The summed E-state index contributed by atoms with van der Waals surface area (Å²) >= 11 is 0. The molecule has 0 aromatic carbocycles.